The molecule has 0 atom stereocenters. The predicted molar refractivity (Wildman–Crippen MR) is 77.1 cm³/mol. The lowest BCUT2D eigenvalue weighted by Crippen LogP contribution is -2.41. The van der Waals surface area contributed by atoms with Crippen molar-refractivity contribution < 1.29 is 9.31 Å². The van der Waals surface area contributed by atoms with E-state index in [1.54, 1.807) is 6.20 Å². The van der Waals surface area contributed by atoms with Crippen LogP contribution >= 0.6 is 0 Å². The standard InChI is InChI=1S/C13H22BN3O2/c1-12(2)13(3,4)19-14(18-12)10-7-9(16)8-17-11(10)5-6-15/h7-8H,5-6,15-16H2,1-4H3. The third-order valence-corrected chi connectivity index (χ3v) is 3.91. The summed E-state index contributed by atoms with van der Waals surface area (Å²) in [6.45, 7) is 8.62. The minimum atomic E-state index is -0.442. The molecule has 1 fully saturated rings. The first-order valence-corrected chi connectivity index (χ1v) is 6.57. The third kappa shape index (κ3) is 2.61. The van der Waals surface area contributed by atoms with E-state index in [9.17, 15) is 0 Å². The van der Waals surface area contributed by atoms with Gasteiger partial charge in [0.25, 0.3) is 0 Å². The van der Waals surface area contributed by atoms with E-state index >= 15 is 0 Å². The molecule has 0 spiro atoms. The van der Waals surface area contributed by atoms with E-state index in [1.165, 1.54) is 0 Å². The lowest BCUT2D eigenvalue weighted by Gasteiger charge is -2.32. The number of rotatable bonds is 3. The summed E-state index contributed by atoms with van der Waals surface area (Å²) in [5.74, 6) is 0. The molecule has 19 heavy (non-hydrogen) atoms. The summed E-state index contributed by atoms with van der Waals surface area (Å²) < 4.78 is 12.1. The van der Waals surface area contributed by atoms with Crippen LogP contribution in [0, 0.1) is 0 Å². The van der Waals surface area contributed by atoms with Crippen LogP contribution < -0.4 is 16.9 Å². The zero-order valence-corrected chi connectivity index (χ0v) is 12.1. The molecule has 0 amide bonds. The highest BCUT2D eigenvalue weighted by molar-refractivity contribution is 6.62. The number of pyridine rings is 1. The Bertz CT molecular complexity index is 461. The largest absolute Gasteiger partial charge is 0.496 e. The van der Waals surface area contributed by atoms with Crippen molar-refractivity contribution in [3.63, 3.8) is 0 Å². The van der Waals surface area contributed by atoms with Crippen molar-refractivity contribution in [2.45, 2.75) is 45.3 Å². The molecule has 6 heteroatoms. The molecular weight excluding hydrogens is 241 g/mol. The normalized spacial score (nSPS) is 20.8. The van der Waals surface area contributed by atoms with Gasteiger partial charge in [0, 0.05) is 23.3 Å². The topological polar surface area (TPSA) is 83.4 Å². The van der Waals surface area contributed by atoms with E-state index < -0.39 is 7.12 Å². The van der Waals surface area contributed by atoms with Crippen LogP contribution in [0.25, 0.3) is 0 Å². The van der Waals surface area contributed by atoms with Crippen molar-refractivity contribution in [3.05, 3.63) is 18.0 Å². The molecule has 2 heterocycles. The fraction of sp³-hybridized carbons (Fsp3) is 0.615. The van der Waals surface area contributed by atoms with Crippen LogP contribution in [-0.4, -0.2) is 29.8 Å². The van der Waals surface area contributed by atoms with Gasteiger partial charge in [0.05, 0.1) is 17.4 Å². The highest BCUT2D eigenvalue weighted by Gasteiger charge is 2.52. The van der Waals surface area contributed by atoms with Crippen molar-refractivity contribution >= 4 is 18.3 Å². The summed E-state index contributed by atoms with van der Waals surface area (Å²) >= 11 is 0. The van der Waals surface area contributed by atoms with Gasteiger partial charge >= 0.3 is 7.12 Å². The summed E-state index contributed by atoms with van der Waals surface area (Å²) in [7, 11) is -0.442. The lowest BCUT2D eigenvalue weighted by molar-refractivity contribution is 0.00578. The Hall–Kier alpha value is -1.11. The average Bonchev–Trinajstić information content (AvgIpc) is 2.51. The zero-order valence-electron chi connectivity index (χ0n) is 12.1. The Morgan fingerprint density at radius 1 is 1.21 bits per heavy atom. The molecule has 1 aromatic heterocycles. The summed E-state index contributed by atoms with van der Waals surface area (Å²) in [4.78, 5) is 4.34. The second kappa shape index (κ2) is 4.78. The molecular formula is C13H22BN3O2. The van der Waals surface area contributed by atoms with E-state index in [0.29, 0.717) is 18.7 Å². The number of hydrogen-bond donors (Lipinski definition) is 2. The molecule has 0 bridgehead atoms. The molecule has 0 radical (unpaired) electrons. The Morgan fingerprint density at radius 2 is 1.79 bits per heavy atom. The maximum Gasteiger partial charge on any atom is 0.496 e. The fourth-order valence-corrected chi connectivity index (χ4v) is 2.05. The van der Waals surface area contributed by atoms with E-state index in [-0.39, 0.29) is 11.2 Å². The van der Waals surface area contributed by atoms with Crippen LogP contribution in [0.1, 0.15) is 33.4 Å². The van der Waals surface area contributed by atoms with Gasteiger partial charge in [0.1, 0.15) is 0 Å². The molecule has 0 saturated carbocycles. The molecule has 1 aliphatic heterocycles. The molecule has 0 aromatic carbocycles. The fourth-order valence-electron chi connectivity index (χ4n) is 2.05. The summed E-state index contributed by atoms with van der Waals surface area (Å²) in [5, 5.41) is 0. The maximum absolute atomic E-state index is 6.03. The molecule has 1 aromatic rings. The van der Waals surface area contributed by atoms with Crippen molar-refractivity contribution in [1.82, 2.24) is 4.98 Å². The molecule has 2 rings (SSSR count). The van der Waals surface area contributed by atoms with Crippen molar-refractivity contribution in [2.24, 2.45) is 5.73 Å². The van der Waals surface area contributed by atoms with E-state index in [1.807, 2.05) is 33.8 Å². The monoisotopic (exact) mass is 263 g/mol. The van der Waals surface area contributed by atoms with Crippen LogP contribution in [-0.2, 0) is 15.7 Å². The molecule has 0 unspecified atom stereocenters. The number of hydrogen-bond acceptors (Lipinski definition) is 5. The number of anilines is 1. The smallest absolute Gasteiger partial charge is 0.399 e. The van der Waals surface area contributed by atoms with E-state index in [0.717, 1.165) is 11.2 Å². The SMILES string of the molecule is CC1(C)OB(c2cc(N)cnc2CCN)OC1(C)C. The van der Waals surface area contributed by atoms with Gasteiger partial charge in [-0.15, -0.1) is 0 Å². The van der Waals surface area contributed by atoms with E-state index in [4.69, 9.17) is 20.8 Å². The number of aromatic nitrogens is 1. The van der Waals surface area contributed by atoms with Crippen molar-refractivity contribution in [3.8, 4) is 0 Å². The van der Waals surface area contributed by atoms with Crippen LogP contribution in [0.4, 0.5) is 5.69 Å². The zero-order chi connectivity index (χ0) is 14.3. The number of nitrogen functional groups attached to an aromatic ring is 1. The molecule has 1 saturated heterocycles. The van der Waals surface area contributed by atoms with E-state index in [2.05, 4.69) is 4.98 Å². The summed E-state index contributed by atoms with van der Waals surface area (Å²) in [5.41, 5.74) is 13.1. The summed E-state index contributed by atoms with van der Waals surface area (Å²) in [6, 6.07) is 1.86. The van der Waals surface area contributed by atoms with Gasteiger partial charge in [-0.05, 0) is 40.3 Å². The molecule has 0 aliphatic carbocycles. The minimum Gasteiger partial charge on any atom is -0.399 e. The van der Waals surface area contributed by atoms with Gasteiger partial charge in [-0.1, -0.05) is 0 Å². The van der Waals surface area contributed by atoms with Gasteiger partial charge in [0.15, 0.2) is 0 Å². The van der Waals surface area contributed by atoms with Gasteiger partial charge in [-0.25, -0.2) is 0 Å². The van der Waals surface area contributed by atoms with Crippen LogP contribution in [0.15, 0.2) is 12.3 Å². The molecule has 4 N–H and O–H groups in total. The first-order valence-electron chi connectivity index (χ1n) is 6.57. The average molecular weight is 263 g/mol. The Kier molecular flexibility index (Phi) is 3.60. The van der Waals surface area contributed by atoms with Crippen LogP contribution in [0.2, 0.25) is 0 Å². The minimum absolute atomic E-state index is 0.373. The van der Waals surface area contributed by atoms with Crippen molar-refractivity contribution in [1.29, 1.82) is 0 Å². The molecule has 5 nitrogen and oxygen atoms in total. The van der Waals surface area contributed by atoms with Crippen LogP contribution in [0.5, 0.6) is 0 Å². The maximum atomic E-state index is 6.03. The lowest BCUT2D eigenvalue weighted by atomic mass is 9.77. The third-order valence-electron chi connectivity index (χ3n) is 3.91. The first-order chi connectivity index (χ1) is 8.77. The predicted octanol–water partition coefficient (Wildman–Crippen LogP) is 0.464. The summed E-state index contributed by atoms with van der Waals surface area (Å²) in [6.07, 6.45) is 2.32. The molecule has 1 aliphatic rings. The Balaban J connectivity index is 2.35. The molecule has 104 valence electrons. The number of nitrogens with zero attached hydrogens (tertiary/aromatic N) is 1. The van der Waals surface area contributed by atoms with Gasteiger partial charge in [-0.3, -0.25) is 4.98 Å². The van der Waals surface area contributed by atoms with Crippen molar-refractivity contribution in [2.75, 3.05) is 12.3 Å². The highest BCUT2D eigenvalue weighted by Crippen LogP contribution is 2.36. The second-order valence-corrected chi connectivity index (χ2v) is 5.93. The van der Waals surface area contributed by atoms with Gasteiger partial charge in [-0.2, -0.15) is 0 Å². The first kappa shape index (κ1) is 14.3. The van der Waals surface area contributed by atoms with Crippen LogP contribution in [0.3, 0.4) is 0 Å². The Morgan fingerprint density at radius 3 is 2.32 bits per heavy atom. The number of nitrogens with two attached hydrogens (primary N) is 2. The van der Waals surface area contributed by atoms with Gasteiger partial charge in [0.2, 0.25) is 0 Å². The highest BCUT2D eigenvalue weighted by atomic mass is 16.7. The van der Waals surface area contributed by atoms with Gasteiger partial charge < -0.3 is 20.8 Å². The quantitative estimate of drug-likeness (QED) is 0.774. The second-order valence-electron chi connectivity index (χ2n) is 5.93. The Labute approximate surface area is 114 Å².